The molecule has 0 bridgehead atoms. The summed E-state index contributed by atoms with van der Waals surface area (Å²) in [5, 5.41) is 2.68. The van der Waals surface area contributed by atoms with Crippen LogP contribution < -0.4 is 10.1 Å². The van der Waals surface area contributed by atoms with E-state index in [1.165, 1.54) is 0 Å². The lowest BCUT2D eigenvalue weighted by atomic mass is 9.87. The number of aromatic nitrogens is 2. The lowest BCUT2D eigenvalue weighted by Crippen LogP contribution is -2.18. The summed E-state index contributed by atoms with van der Waals surface area (Å²) in [7, 11) is 1.63. The van der Waals surface area contributed by atoms with Crippen molar-refractivity contribution in [3.05, 3.63) is 113 Å². The average Bonchev–Trinajstić information content (AvgIpc) is 3.45. The Balaban J connectivity index is 1.48. The molecule has 4 aromatic rings. The summed E-state index contributed by atoms with van der Waals surface area (Å²) in [4.78, 5) is 30.0. The van der Waals surface area contributed by atoms with Crippen LogP contribution in [0.2, 0.25) is 0 Å². The molecule has 0 aliphatic heterocycles. The number of nitrogens with one attached hydrogen (secondary N) is 1. The highest BCUT2D eigenvalue weighted by Gasteiger charge is 2.24. The molecule has 1 amide bonds. The van der Waals surface area contributed by atoms with E-state index in [2.05, 4.69) is 22.4 Å². The molecule has 37 heavy (non-hydrogen) atoms. The summed E-state index contributed by atoms with van der Waals surface area (Å²) < 4.78 is 8.75. The van der Waals surface area contributed by atoms with Gasteiger partial charge in [-0.05, 0) is 54.3 Å². The zero-order chi connectivity index (χ0) is 25.6. The van der Waals surface area contributed by atoms with Crippen LogP contribution in [0, 0.1) is 0 Å². The highest BCUT2D eigenvalue weighted by atomic mass is 32.2. The first-order chi connectivity index (χ1) is 18.1. The molecule has 1 aliphatic carbocycles. The Morgan fingerprint density at radius 1 is 1.11 bits per heavy atom. The quantitative estimate of drug-likeness (QED) is 0.284. The van der Waals surface area contributed by atoms with Crippen molar-refractivity contribution < 1.29 is 14.3 Å². The number of thioether (sulfide) groups is 1. The second-order valence-electron chi connectivity index (χ2n) is 9.02. The van der Waals surface area contributed by atoms with Gasteiger partial charge in [-0.2, -0.15) is 0 Å². The van der Waals surface area contributed by atoms with Crippen molar-refractivity contribution in [3.8, 4) is 5.75 Å². The molecule has 0 radical (unpaired) electrons. The number of carbonyl (C=O) groups is 2. The molecule has 1 aliphatic rings. The predicted molar refractivity (Wildman–Crippen MR) is 145 cm³/mol. The minimum atomic E-state index is -0.229. The summed E-state index contributed by atoms with van der Waals surface area (Å²) in [6.45, 7) is 0.612. The molecule has 7 heteroatoms. The van der Waals surface area contributed by atoms with E-state index in [-0.39, 0.29) is 17.8 Å². The van der Waals surface area contributed by atoms with Crippen molar-refractivity contribution in [1.29, 1.82) is 0 Å². The zero-order valence-corrected chi connectivity index (χ0v) is 21.5. The van der Waals surface area contributed by atoms with Gasteiger partial charge in [-0.3, -0.25) is 9.59 Å². The molecule has 1 atom stereocenters. The number of fused-ring (bicyclic) bond motifs is 1. The van der Waals surface area contributed by atoms with Crippen LogP contribution in [0.3, 0.4) is 0 Å². The third-order valence-electron chi connectivity index (χ3n) is 6.60. The number of rotatable bonds is 9. The molecule has 0 saturated carbocycles. The van der Waals surface area contributed by atoms with Gasteiger partial charge in [0.2, 0.25) is 0 Å². The molecular weight excluding hydrogens is 482 g/mol. The monoisotopic (exact) mass is 511 g/mol. The van der Waals surface area contributed by atoms with E-state index >= 15 is 0 Å². The van der Waals surface area contributed by atoms with Crippen LogP contribution in [0.5, 0.6) is 5.75 Å². The van der Waals surface area contributed by atoms with E-state index in [4.69, 9.17) is 4.74 Å². The van der Waals surface area contributed by atoms with Crippen LogP contribution in [0.4, 0.5) is 0 Å². The largest absolute Gasteiger partial charge is 0.484 e. The Hall–Kier alpha value is -3.84. The smallest absolute Gasteiger partial charge is 0.251 e. The van der Waals surface area contributed by atoms with Gasteiger partial charge in [0.1, 0.15) is 11.9 Å². The van der Waals surface area contributed by atoms with Gasteiger partial charge >= 0.3 is 0 Å². The maximum absolute atomic E-state index is 12.7. The molecule has 0 fully saturated rings. The van der Waals surface area contributed by atoms with Gasteiger partial charge in [0.25, 0.3) is 5.91 Å². The summed E-state index contributed by atoms with van der Waals surface area (Å²) in [5.74, 6) is 1.51. The van der Waals surface area contributed by atoms with Gasteiger partial charge in [0.05, 0.1) is 12.9 Å². The van der Waals surface area contributed by atoms with E-state index in [1.807, 2.05) is 59.3 Å². The number of benzene rings is 3. The standard InChI is InChI=1S/C30H29N3O3S/c1-31-30(35)22-9-5-10-23(17-22)37-19-26-24-11-6-12-27(34)25(24)13-14-28(26)36-29(18-33-16-15-32-20-33)21-7-3-2-4-8-21/h2-5,7-10,13-17,20,29H,6,11-12,18-19H2,1H3,(H,31,35)/t29-/m1/s1. The first-order valence-corrected chi connectivity index (χ1v) is 13.4. The van der Waals surface area contributed by atoms with Crippen LogP contribution in [0.25, 0.3) is 0 Å². The summed E-state index contributed by atoms with van der Waals surface area (Å²) in [6, 6.07) is 21.6. The molecule has 188 valence electrons. The van der Waals surface area contributed by atoms with Gasteiger partial charge in [0, 0.05) is 53.2 Å². The van der Waals surface area contributed by atoms with Crippen molar-refractivity contribution in [3.63, 3.8) is 0 Å². The Bertz CT molecular complexity index is 1390. The average molecular weight is 512 g/mol. The van der Waals surface area contributed by atoms with Gasteiger partial charge in [-0.1, -0.05) is 36.4 Å². The number of Topliss-reactive ketones (excluding diaryl/α,β-unsaturated/α-hetero) is 1. The van der Waals surface area contributed by atoms with E-state index in [0.29, 0.717) is 24.3 Å². The summed E-state index contributed by atoms with van der Waals surface area (Å²) in [5.41, 5.74) is 4.63. The molecule has 5 rings (SSSR count). The fourth-order valence-corrected chi connectivity index (χ4v) is 5.70. The highest BCUT2D eigenvalue weighted by molar-refractivity contribution is 7.98. The molecule has 1 heterocycles. The van der Waals surface area contributed by atoms with E-state index in [1.54, 1.807) is 37.4 Å². The Kier molecular flexibility index (Phi) is 7.70. The second-order valence-corrected chi connectivity index (χ2v) is 10.1. The number of amides is 1. The number of ketones is 1. The fraction of sp³-hybridized carbons (Fsp3) is 0.233. The lowest BCUT2D eigenvalue weighted by Gasteiger charge is -2.25. The molecule has 0 unspecified atom stereocenters. The minimum absolute atomic E-state index is 0.112. The van der Waals surface area contributed by atoms with E-state index < -0.39 is 0 Å². The van der Waals surface area contributed by atoms with Gasteiger partial charge in [-0.25, -0.2) is 4.98 Å². The van der Waals surface area contributed by atoms with Crippen LogP contribution in [0.1, 0.15) is 56.4 Å². The third kappa shape index (κ3) is 5.78. The number of ether oxygens (including phenoxy) is 1. The normalized spacial score (nSPS) is 13.6. The Morgan fingerprint density at radius 2 is 1.97 bits per heavy atom. The Labute approximate surface area is 221 Å². The Morgan fingerprint density at radius 3 is 2.76 bits per heavy atom. The van der Waals surface area contributed by atoms with Crippen LogP contribution in [-0.2, 0) is 18.7 Å². The second kappa shape index (κ2) is 11.5. The maximum atomic E-state index is 12.7. The molecule has 1 N–H and O–H groups in total. The number of carbonyl (C=O) groups excluding carboxylic acids is 2. The van der Waals surface area contributed by atoms with Gasteiger partial charge in [-0.15, -0.1) is 11.8 Å². The van der Waals surface area contributed by atoms with Crippen LogP contribution in [-0.4, -0.2) is 28.3 Å². The van der Waals surface area contributed by atoms with Crippen molar-refractivity contribution in [2.24, 2.45) is 0 Å². The molecule has 1 aromatic heterocycles. The topological polar surface area (TPSA) is 73.2 Å². The first kappa shape index (κ1) is 24.8. The van der Waals surface area contributed by atoms with Gasteiger partial charge < -0.3 is 14.6 Å². The molecule has 3 aromatic carbocycles. The molecule has 0 saturated heterocycles. The fourth-order valence-electron chi connectivity index (χ4n) is 4.69. The minimum Gasteiger partial charge on any atom is -0.484 e. The molecular formula is C30H29N3O3S. The first-order valence-electron chi connectivity index (χ1n) is 12.4. The maximum Gasteiger partial charge on any atom is 0.251 e. The molecule has 6 nitrogen and oxygen atoms in total. The third-order valence-corrected chi connectivity index (χ3v) is 7.62. The van der Waals surface area contributed by atoms with Crippen LogP contribution >= 0.6 is 11.8 Å². The zero-order valence-electron chi connectivity index (χ0n) is 20.7. The summed E-state index contributed by atoms with van der Waals surface area (Å²) in [6.07, 6.45) is 7.54. The number of nitrogens with zero attached hydrogens (tertiary/aromatic N) is 2. The van der Waals surface area contributed by atoms with Crippen molar-refractivity contribution in [2.75, 3.05) is 7.05 Å². The van der Waals surface area contributed by atoms with Crippen LogP contribution in [0.15, 0.2) is 90.3 Å². The van der Waals surface area contributed by atoms with Crippen molar-refractivity contribution in [1.82, 2.24) is 14.9 Å². The van der Waals surface area contributed by atoms with Gasteiger partial charge in [0.15, 0.2) is 5.78 Å². The van der Waals surface area contributed by atoms with Crippen molar-refractivity contribution >= 4 is 23.5 Å². The van der Waals surface area contributed by atoms with Crippen molar-refractivity contribution in [2.45, 2.75) is 42.6 Å². The van der Waals surface area contributed by atoms with E-state index in [0.717, 1.165) is 45.7 Å². The molecule has 0 spiro atoms. The lowest BCUT2D eigenvalue weighted by molar-refractivity contribution is 0.0958. The number of hydrogen-bond acceptors (Lipinski definition) is 5. The SMILES string of the molecule is CNC(=O)c1cccc(SCc2c(O[C@H](Cn3ccnc3)c3ccccc3)ccc3c2CCCC3=O)c1. The predicted octanol–water partition coefficient (Wildman–Crippen LogP) is 5.87. The van der Waals surface area contributed by atoms with E-state index in [9.17, 15) is 9.59 Å². The number of hydrogen-bond donors (Lipinski definition) is 1. The highest BCUT2D eigenvalue weighted by Crippen LogP contribution is 2.38. The summed E-state index contributed by atoms with van der Waals surface area (Å²) >= 11 is 1.65. The number of imidazole rings is 1.